The van der Waals surface area contributed by atoms with Gasteiger partial charge in [-0.15, -0.1) is 0 Å². The summed E-state index contributed by atoms with van der Waals surface area (Å²) < 4.78 is 11.6. The first-order valence-corrected chi connectivity index (χ1v) is 9.69. The van der Waals surface area contributed by atoms with E-state index in [1.54, 1.807) is 44.6 Å². The van der Waals surface area contributed by atoms with Gasteiger partial charge in [0.1, 0.15) is 5.56 Å². The van der Waals surface area contributed by atoms with E-state index in [0.717, 1.165) is 10.1 Å². The van der Waals surface area contributed by atoms with Gasteiger partial charge in [-0.2, -0.15) is 5.10 Å². The number of benzene rings is 2. The van der Waals surface area contributed by atoms with Crippen LogP contribution in [0.2, 0.25) is 5.02 Å². The smallest absolute Gasteiger partial charge is 0.335 e. The Kier molecular flexibility index (Phi) is 5.43. The topological polar surface area (TPSA) is 118 Å². The van der Waals surface area contributed by atoms with Gasteiger partial charge in [-0.1, -0.05) is 17.7 Å². The molecule has 1 aliphatic heterocycles. The maximum atomic E-state index is 12.5. The summed E-state index contributed by atoms with van der Waals surface area (Å²) in [6.07, 6.45) is 0.310. The maximum absolute atomic E-state index is 12.5. The first kappa shape index (κ1) is 20.5. The molecule has 4 rings (SSSR count). The van der Waals surface area contributed by atoms with E-state index in [4.69, 9.17) is 21.1 Å². The van der Waals surface area contributed by atoms with E-state index in [2.05, 4.69) is 15.5 Å². The summed E-state index contributed by atoms with van der Waals surface area (Å²) in [7, 11) is 3.10. The van der Waals surface area contributed by atoms with Gasteiger partial charge in [0.05, 0.1) is 31.7 Å². The van der Waals surface area contributed by atoms with Crippen LogP contribution in [0, 0.1) is 0 Å². The van der Waals surface area contributed by atoms with E-state index in [9.17, 15) is 14.7 Å². The van der Waals surface area contributed by atoms with Crippen molar-refractivity contribution in [2.24, 2.45) is 5.10 Å². The molecule has 0 amide bonds. The Morgan fingerprint density at radius 1 is 1.10 bits per heavy atom. The summed E-state index contributed by atoms with van der Waals surface area (Å²) in [5.74, 6) is 0.659. The van der Waals surface area contributed by atoms with Gasteiger partial charge in [0.2, 0.25) is 5.88 Å². The Balaban J connectivity index is 1.70. The summed E-state index contributed by atoms with van der Waals surface area (Å²) in [6.45, 7) is 0. The summed E-state index contributed by atoms with van der Waals surface area (Å²) in [4.78, 5) is 27.1. The van der Waals surface area contributed by atoms with Gasteiger partial charge in [-0.05, 0) is 42.0 Å². The second kappa shape index (κ2) is 8.19. The lowest BCUT2D eigenvalue weighted by atomic mass is 9.99. The molecule has 10 heteroatoms. The number of nitrogens with zero attached hydrogens (tertiary/aromatic N) is 2. The highest BCUT2D eigenvalue weighted by atomic mass is 35.5. The van der Waals surface area contributed by atoms with Gasteiger partial charge in [0.25, 0.3) is 5.56 Å². The van der Waals surface area contributed by atoms with Crippen LogP contribution < -0.4 is 26.1 Å². The van der Waals surface area contributed by atoms with Crippen molar-refractivity contribution in [2.75, 3.05) is 14.2 Å². The number of H-pyrrole nitrogens is 1. The monoisotopic (exact) mass is 442 g/mol. The first-order chi connectivity index (χ1) is 14.9. The molecule has 0 unspecified atom stereocenters. The molecule has 0 spiro atoms. The van der Waals surface area contributed by atoms with E-state index >= 15 is 0 Å². The SMILES string of the molecule is COc1ccc([C@H]2CC(c3c(O)n(-c4ccc(Cl)cc4)c(=O)[nH]c3=O)=NN2)cc1OC. The maximum Gasteiger partial charge on any atom is 0.335 e. The summed E-state index contributed by atoms with van der Waals surface area (Å²) in [5, 5.41) is 15.5. The third-order valence-electron chi connectivity index (χ3n) is 5.02. The second-order valence-electron chi connectivity index (χ2n) is 6.83. The van der Waals surface area contributed by atoms with Gasteiger partial charge in [0, 0.05) is 11.4 Å². The Morgan fingerprint density at radius 2 is 1.81 bits per heavy atom. The van der Waals surface area contributed by atoms with Crippen LogP contribution in [0.1, 0.15) is 23.6 Å². The van der Waals surface area contributed by atoms with Crippen LogP contribution in [0.3, 0.4) is 0 Å². The van der Waals surface area contributed by atoms with E-state index in [0.29, 0.717) is 34.3 Å². The highest BCUT2D eigenvalue weighted by Crippen LogP contribution is 2.33. The van der Waals surface area contributed by atoms with Crippen molar-refractivity contribution < 1.29 is 14.6 Å². The number of methoxy groups -OCH3 is 2. The molecule has 3 N–H and O–H groups in total. The lowest BCUT2D eigenvalue weighted by Crippen LogP contribution is -2.33. The summed E-state index contributed by atoms with van der Waals surface area (Å²) in [5.41, 5.74) is 2.94. The fraction of sp³-hybridized carbons (Fsp3) is 0.190. The van der Waals surface area contributed by atoms with Crippen LogP contribution in [0.25, 0.3) is 5.69 Å². The van der Waals surface area contributed by atoms with E-state index < -0.39 is 17.1 Å². The van der Waals surface area contributed by atoms with Crippen molar-refractivity contribution in [3.63, 3.8) is 0 Å². The number of aromatic amines is 1. The van der Waals surface area contributed by atoms with Crippen molar-refractivity contribution in [3.05, 3.63) is 79.5 Å². The summed E-state index contributed by atoms with van der Waals surface area (Å²) in [6, 6.07) is 11.5. The average Bonchev–Trinajstić information content (AvgIpc) is 3.24. The fourth-order valence-electron chi connectivity index (χ4n) is 3.48. The predicted octanol–water partition coefficient (Wildman–Crippen LogP) is 2.34. The zero-order valence-corrected chi connectivity index (χ0v) is 17.4. The molecule has 1 aliphatic rings. The van der Waals surface area contributed by atoms with Crippen LogP contribution in [-0.2, 0) is 0 Å². The molecule has 3 aromatic rings. The van der Waals surface area contributed by atoms with Crippen molar-refractivity contribution in [3.8, 4) is 23.1 Å². The average molecular weight is 443 g/mol. The lowest BCUT2D eigenvalue weighted by molar-refractivity contribution is 0.354. The molecule has 2 aromatic carbocycles. The molecule has 0 fully saturated rings. The van der Waals surface area contributed by atoms with Crippen molar-refractivity contribution >= 4 is 17.3 Å². The Bertz CT molecular complexity index is 1280. The molecule has 0 saturated heterocycles. The molecule has 1 atom stereocenters. The van der Waals surface area contributed by atoms with E-state index in [1.807, 2.05) is 12.1 Å². The molecule has 31 heavy (non-hydrogen) atoms. The number of aromatic nitrogens is 2. The van der Waals surface area contributed by atoms with Crippen molar-refractivity contribution in [2.45, 2.75) is 12.5 Å². The third-order valence-corrected chi connectivity index (χ3v) is 5.27. The minimum absolute atomic E-state index is 0.0787. The van der Waals surface area contributed by atoms with Crippen molar-refractivity contribution in [1.29, 1.82) is 0 Å². The molecule has 0 saturated carbocycles. The molecular formula is C21H19ClN4O5. The lowest BCUT2D eigenvalue weighted by Gasteiger charge is -2.14. The molecule has 160 valence electrons. The number of ether oxygens (including phenoxy) is 2. The standard InChI is InChI=1S/C21H19ClN4O5/c1-30-16-8-3-11(9-17(16)31-2)14-10-15(25-24-14)18-19(27)23-21(29)26(20(18)28)13-6-4-12(22)5-7-13/h3-9,14,24,28H,10H2,1-2H3,(H,23,27,29)/t14-/m1/s1. The Hall–Kier alpha value is -3.72. The molecular weight excluding hydrogens is 424 g/mol. The Morgan fingerprint density at radius 3 is 2.48 bits per heavy atom. The zero-order chi connectivity index (χ0) is 22.1. The number of rotatable bonds is 5. The molecule has 9 nitrogen and oxygen atoms in total. The predicted molar refractivity (Wildman–Crippen MR) is 116 cm³/mol. The Labute approximate surface area is 181 Å². The minimum Gasteiger partial charge on any atom is -0.493 e. The van der Waals surface area contributed by atoms with Crippen molar-refractivity contribution in [1.82, 2.24) is 15.0 Å². The van der Waals surface area contributed by atoms with Gasteiger partial charge in [0.15, 0.2) is 11.5 Å². The first-order valence-electron chi connectivity index (χ1n) is 9.31. The number of hydrazone groups is 1. The number of nitrogens with one attached hydrogen (secondary N) is 2. The molecule has 0 radical (unpaired) electrons. The highest BCUT2D eigenvalue weighted by Gasteiger charge is 2.28. The number of aromatic hydroxyl groups is 1. The van der Waals surface area contributed by atoms with Crippen LogP contribution in [0.5, 0.6) is 17.4 Å². The molecule has 2 heterocycles. The zero-order valence-electron chi connectivity index (χ0n) is 16.7. The number of halogens is 1. The third kappa shape index (κ3) is 3.75. The summed E-state index contributed by atoms with van der Waals surface area (Å²) >= 11 is 5.90. The van der Waals surface area contributed by atoms with Gasteiger partial charge < -0.3 is 20.0 Å². The fourth-order valence-corrected chi connectivity index (χ4v) is 3.60. The van der Waals surface area contributed by atoms with Crippen LogP contribution in [-0.4, -0.2) is 34.6 Å². The second-order valence-corrected chi connectivity index (χ2v) is 7.26. The minimum atomic E-state index is -0.767. The quantitative estimate of drug-likeness (QED) is 0.558. The highest BCUT2D eigenvalue weighted by molar-refractivity contribution is 6.30. The number of hydrogen-bond donors (Lipinski definition) is 3. The van der Waals surface area contributed by atoms with Gasteiger partial charge >= 0.3 is 5.69 Å². The van der Waals surface area contributed by atoms with Crippen LogP contribution in [0.4, 0.5) is 0 Å². The largest absolute Gasteiger partial charge is 0.493 e. The number of hydrogen-bond acceptors (Lipinski definition) is 7. The van der Waals surface area contributed by atoms with E-state index in [-0.39, 0.29) is 11.6 Å². The van der Waals surface area contributed by atoms with Gasteiger partial charge in [-0.3, -0.25) is 9.78 Å². The normalized spacial score (nSPS) is 15.3. The molecule has 1 aromatic heterocycles. The van der Waals surface area contributed by atoms with Crippen LogP contribution in [0.15, 0.2) is 57.2 Å². The van der Waals surface area contributed by atoms with Crippen LogP contribution >= 0.6 is 11.6 Å². The van der Waals surface area contributed by atoms with E-state index in [1.165, 1.54) is 0 Å². The molecule has 0 bridgehead atoms. The molecule has 0 aliphatic carbocycles. The van der Waals surface area contributed by atoms with Gasteiger partial charge in [-0.25, -0.2) is 9.36 Å².